The SMILES string of the molecule is COc1ccc2c(c1)N(Cc1cnc(C)s1)C(=O)C2=O. The topological polar surface area (TPSA) is 59.5 Å². The van der Waals surface area contributed by atoms with E-state index in [9.17, 15) is 9.59 Å². The second-order valence-corrected chi connectivity index (χ2v) is 5.77. The van der Waals surface area contributed by atoms with Gasteiger partial charge in [-0.25, -0.2) is 4.98 Å². The van der Waals surface area contributed by atoms with Gasteiger partial charge in [0.2, 0.25) is 0 Å². The molecule has 6 heteroatoms. The first-order valence-electron chi connectivity index (χ1n) is 6.05. The Labute approximate surface area is 119 Å². The van der Waals surface area contributed by atoms with E-state index in [4.69, 9.17) is 4.74 Å². The van der Waals surface area contributed by atoms with Gasteiger partial charge in [0.1, 0.15) is 5.75 Å². The highest BCUT2D eigenvalue weighted by atomic mass is 32.1. The van der Waals surface area contributed by atoms with E-state index in [1.165, 1.54) is 16.2 Å². The summed E-state index contributed by atoms with van der Waals surface area (Å²) in [6.45, 7) is 2.26. The normalized spacial score (nSPS) is 13.8. The van der Waals surface area contributed by atoms with Gasteiger partial charge in [0.25, 0.3) is 11.7 Å². The number of aromatic nitrogens is 1. The number of carbonyl (C=O) groups excluding carboxylic acids is 2. The lowest BCUT2D eigenvalue weighted by molar-refractivity contribution is -0.114. The number of thiazole rings is 1. The fraction of sp³-hybridized carbons (Fsp3) is 0.214. The molecular weight excluding hydrogens is 276 g/mol. The van der Waals surface area contributed by atoms with Crippen molar-refractivity contribution in [2.75, 3.05) is 12.0 Å². The average Bonchev–Trinajstić information content (AvgIpc) is 2.96. The number of rotatable bonds is 3. The van der Waals surface area contributed by atoms with Crippen LogP contribution in [0.3, 0.4) is 0 Å². The van der Waals surface area contributed by atoms with Gasteiger partial charge in [0.15, 0.2) is 0 Å². The van der Waals surface area contributed by atoms with Crippen LogP contribution in [-0.2, 0) is 11.3 Å². The van der Waals surface area contributed by atoms with Gasteiger partial charge in [-0.3, -0.25) is 14.5 Å². The first kappa shape index (κ1) is 12.8. The van der Waals surface area contributed by atoms with Crippen LogP contribution in [0.1, 0.15) is 20.2 Å². The van der Waals surface area contributed by atoms with Gasteiger partial charge in [-0.2, -0.15) is 0 Å². The van der Waals surface area contributed by atoms with E-state index in [0.29, 0.717) is 23.5 Å². The van der Waals surface area contributed by atoms with Crippen molar-refractivity contribution in [1.82, 2.24) is 4.98 Å². The van der Waals surface area contributed by atoms with E-state index >= 15 is 0 Å². The van der Waals surface area contributed by atoms with Crippen LogP contribution >= 0.6 is 11.3 Å². The highest BCUT2D eigenvalue weighted by Gasteiger charge is 2.36. The molecule has 0 saturated carbocycles. The van der Waals surface area contributed by atoms with Crippen molar-refractivity contribution in [3.05, 3.63) is 39.8 Å². The summed E-state index contributed by atoms with van der Waals surface area (Å²) >= 11 is 1.51. The van der Waals surface area contributed by atoms with Crippen molar-refractivity contribution in [2.45, 2.75) is 13.5 Å². The molecule has 0 fully saturated rings. The summed E-state index contributed by atoms with van der Waals surface area (Å²) in [5.41, 5.74) is 1.03. The van der Waals surface area contributed by atoms with Crippen molar-refractivity contribution < 1.29 is 14.3 Å². The smallest absolute Gasteiger partial charge is 0.299 e. The van der Waals surface area contributed by atoms with Crippen LogP contribution in [0.2, 0.25) is 0 Å². The fourth-order valence-corrected chi connectivity index (χ4v) is 2.98. The zero-order chi connectivity index (χ0) is 14.3. The highest BCUT2D eigenvalue weighted by molar-refractivity contribution is 7.11. The van der Waals surface area contributed by atoms with Gasteiger partial charge in [-0.1, -0.05) is 0 Å². The van der Waals surface area contributed by atoms with Crippen LogP contribution in [0, 0.1) is 6.92 Å². The van der Waals surface area contributed by atoms with Gasteiger partial charge < -0.3 is 4.74 Å². The highest BCUT2D eigenvalue weighted by Crippen LogP contribution is 2.34. The molecule has 0 spiro atoms. The lowest BCUT2D eigenvalue weighted by atomic mass is 10.1. The van der Waals surface area contributed by atoms with Crippen molar-refractivity contribution >= 4 is 28.7 Å². The van der Waals surface area contributed by atoms with E-state index in [1.54, 1.807) is 31.5 Å². The van der Waals surface area contributed by atoms with E-state index < -0.39 is 11.7 Å². The molecule has 0 saturated heterocycles. The minimum absolute atomic E-state index is 0.357. The number of ketones is 1. The number of hydrogen-bond acceptors (Lipinski definition) is 5. The van der Waals surface area contributed by atoms with Gasteiger partial charge >= 0.3 is 0 Å². The fourth-order valence-electron chi connectivity index (χ4n) is 2.19. The van der Waals surface area contributed by atoms with Crippen LogP contribution in [0.5, 0.6) is 5.75 Å². The van der Waals surface area contributed by atoms with Crippen LogP contribution in [0.15, 0.2) is 24.4 Å². The molecule has 1 aliphatic heterocycles. The number of anilines is 1. The Balaban J connectivity index is 2.00. The number of fused-ring (bicyclic) bond motifs is 1. The van der Waals surface area contributed by atoms with Crippen LogP contribution < -0.4 is 9.64 Å². The minimum Gasteiger partial charge on any atom is -0.497 e. The molecule has 0 radical (unpaired) electrons. The Morgan fingerprint density at radius 2 is 2.15 bits per heavy atom. The zero-order valence-electron chi connectivity index (χ0n) is 11.0. The minimum atomic E-state index is -0.501. The number of Topliss-reactive ketones (excluding diaryl/α,β-unsaturated/α-hetero) is 1. The standard InChI is InChI=1S/C14H12N2O3S/c1-8-15-6-10(20-8)7-16-12-5-9(19-2)3-4-11(12)13(17)14(16)18/h3-6H,7H2,1-2H3. The average molecular weight is 288 g/mol. The molecule has 1 aromatic heterocycles. The lowest BCUT2D eigenvalue weighted by Gasteiger charge is -2.15. The summed E-state index contributed by atoms with van der Waals surface area (Å²) < 4.78 is 5.15. The van der Waals surface area contributed by atoms with E-state index in [2.05, 4.69) is 4.98 Å². The maximum Gasteiger partial charge on any atom is 0.299 e. The third-order valence-corrected chi connectivity index (χ3v) is 4.06. The monoisotopic (exact) mass is 288 g/mol. The van der Waals surface area contributed by atoms with E-state index in [0.717, 1.165) is 9.88 Å². The number of carbonyl (C=O) groups is 2. The summed E-state index contributed by atoms with van der Waals surface area (Å²) in [7, 11) is 1.55. The van der Waals surface area contributed by atoms with Crippen molar-refractivity contribution in [1.29, 1.82) is 0 Å². The molecule has 0 N–H and O–H groups in total. The quantitative estimate of drug-likeness (QED) is 0.812. The first-order chi connectivity index (χ1) is 9.60. The number of methoxy groups -OCH3 is 1. The molecule has 0 bridgehead atoms. The van der Waals surface area contributed by atoms with Crippen molar-refractivity contribution in [3.63, 3.8) is 0 Å². The summed E-state index contributed by atoms with van der Waals surface area (Å²) in [4.78, 5) is 30.6. The summed E-state index contributed by atoms with van der Waals surface area (Å²) in [6, 6.07) is 5.03. The number of aryl methyl sites for hydroxylation is 1. The summed E-state index contributed by atoms with van der Waals surface area (Å²) in [5, 5.41) is 0.934. The summed E-state index contributed by atoms with van der Waals surface area (Å²) in [6.07, 6.45) is 1.73. The Bertz CT molecular complexity index is 708. The molecule has 20 heavy (non-hydrogen) atoms. The molecular formula is C14H12N2O3S. The third-order valence-electron chi connectivity index (χ3n) is 3.16. The molecule has 0 unspecified atom stereocenters. The maximum absolute atomic E-state index is 12.1. The second kappa shape index (κ2) is 4.72. The van der Waals surface area contributed by atoms with Gasteiger partial charge in [-0.05, 0) is 19.1 Å². The Morgan fingerprint density at radius 1 is 1.35 bits per heavy atom. The molecule has 1 amide bonds. The van der Waals surface area contributed by atoms with Crippen LogP contribution in [0.25, 0.3) is 0 Å². The number of benzene rings is 1. The number of nitrogens with zero attached hydrogens (tertiary/aromatic N) is 2. The molecule has 3 rings (SSSR count). The maximum atomic E-state index is 12.1. The molecule has 1 aliphatic rings. The Morgan fingerprint density at radius 3 is 2.80 bits per heavy atom. The Hall–Kier alpha value is -2.21. The molecule has 2 heterocycles. The van der Waals surface area contributed by atoms with Crippen LogP contribution in [-0.4, -0.2) is 23.8 Å². The molecule has 2 aromatic rings. The molecule has 102 valence electrons. The van der Waals surface area contributed by atoms with Crippen LogP contribution in [0.4, 0.5) is 5.69 Å². The molecule has 5 nitrogen and oxygen atoms in total. The molecule has 1 aromatic carbocycles. The third kappa shape index (κ3) is 1.98. The predicted molar refractivity (Wildman–Crippen MR) is 75.4 cm³/mol. The second-order valence-electron chi connectivity index (χ2n) is 4.45. The summed E-state index contributed by atoms with van der Waals surface area (Å²) in [5.74, 6) is -0.347. The number of amides is 1. The Kier molecular flexibility index (Phi) is 3.02. The first-order valence-corrected chi connectivity index (χ1v) is 6.87. The van der Waals surface area contributed by atoms with Gasteiger partial charge in [-0.15, -0.1) is 11.3 Å². The predicted octanol–water partition coefficient (Wildman–Crippen LogP) is 2.19. The van der Waals surface area contributed by atoms with Crippen molar-refractivity contribution in [3.8, 4) is 5.75 Å². The van der Waals surface area contributed by atoms with E-state index in [-0.39, 0.29) is 0 Å². The molecule has 0 atom stereocenters. The zero-order valence-corrected chi connectivity index (χ0v) is 11.9. The number of hydrogen-bond donors (Lipinski definition) is 0. The van der Waals surface area contributed by atoms with E-state index in [1.807, 2.05) is 6.92 Å². The lowest BCUT2D eigenvalue weighted by Crippen LogP contribution is -2.28. The van der Waals surface area contributed by atoms with Gasteiger partial charge in [0.05, 0.1) is 29.9 Å². The van der Waals surface area contributed by atoms with Gasteiger partial charge in [0, 0.05) is 17.1 Å². The number of ether oxygens (including phenoxy) is 1. The molecule has 0 aliphatic carbocycles. The van der Waals surface area contributed by atoms with Crippen molar-refractivity contribution in [2.24, 2.45) is 0 Å². The largest absolute Gasteiger partial charge is 0.497 e.